The highest BCUT2D eigenvalue weighted by atomic mass is 19.1. The molecule has 3 aliphatic heterocycles. The van der Waals surface area contributed by atoms with Crippen LogP contribution in [0.25, 0.3) is 32.8 Å². The van der Waals surface area contributed by atoms with Crippen molar-refractivity contribution in [3.63, 3.8) is 0 Å². The van der Waals surface area contributed by atoms with Crippen LogP contribution in [0.1, 0.15) is 12.8 Å². The van der Waals surface area contributed by atoms with Crippen molar-refractivity contribution in [2.45, 2.75) is 30.5 Å². The first-order chi connectivity index (χ1) is 17.9. The first-order valence-corrected chi connectivity index (χ1v) is 12.8. The van der Waals surface area contributed by atoms with E-state index < -0.39 is 11.4 Å². The van der Waals surface area contributed by atoms with Crippen LogP contribution in [0.2, 0.25) is 0 Å². The van der Waals surface area contributed by atoms with E-state index in [0.29, 0.717) is 47.6 Å². The lowest BCUT2D eigenvalue weighted by Crippen LogP contribution is -2.70. The van der Waals surface area contributed by atoms with Crippen LogP contribution in [0.5, 0.6) is 5.75 Å². The minimum absolute atomic E-state index is 0.0809. The Morgan fingerprint density at radius 3 is 2.49 bits per heavy atom. The van der Waals surface area contributed by atoms with E-state index in [4.69, 9.17) is 15.7 Å². The highest BCUT2D eigenvalue weighted by Crippen LogP contribution is 2.39. The molecule has 0 spiro atoms. The van der Waals surface area contributed by atoms with Crippen LogP contribution in [0.4, 0.5) is 16.2 Å². The molecule has 7 rings (SSSR count). The second kappa shape index (κ2) is 8.24. The quantitative estimate of drug-likeness (QED) is 0.339. The molecule has 8 nitrogen and oxygen atoms in total. The molecule has 5 N–H and O–H groups in total. The van der Waals surface area contributed by atoms with Crippen molar-refractivity contribution >= 4 is 33.4 Å². The smallest absolute Gasteiger partial charge is 0.228 e. The van der Waals surface area contributed by atoms with Crippen LogP contribution in [0.15, 0.2) is 48.5 Å². The number of aliphatic hydroxyl groups is 1. The summed E-state index contributed by atoms with van der Waals surface area (Å²) in [6.07, 6.45) is 2.25. The Labute approximate surface area is 213 Å². The molecule has 3 fully saturated rings. The number of nitrogens with zero attached hydrogens (tertiary/aromatic N) is 4. The third-order valence-electron chi connectivity index (χ3n) is 8.04. The summed E-state index contributed by atoms with van der Waals surface area (Å²) >= 11 is 0. The Hall–Kier alpha value is -3.53. The first kappa shape index (κ1) is 22.7. The van der Waals surface area contributed by atoms with Gasteiger partial charge in [-0.2, -0.15) is 4.98 Å². The maximum absolute atomic E-state index is 16.4. The van der Waals surface area contributed by atoms with Crippen molar-refractivity contribution in [3.8, 4) is 16.9 Å². The average molecular weight is 501 g/mol. The lowest BCUT2D eigenvalue weighted by molar-refractivity contribution is 0.166. The summed E-state index contributed by atoms with van der Waals surface area (Å²) in [7, 11) is 0. The van der Waals surface area contributed by atoms with E-state index in [1.807, 2.05) is 35.2 Å². The van der Waals surface area contributed by atoms with E-state index in [0.717, 1.165) is 42.5 Å². The molecule has 2 bridgehead atoms. The largest absolute Gasteiger partial charge is 0.508 e. The third-order valence-corrected chi connectivity index (χ3v) is 8.04. The minimum atomic E-state index is -0.701. The van der Waals surface area contributed by atoms with Gasteiger partial charge in [0.15, 0.2) is 5.82 Å². The summed E-state index contributed by atoms with van der Waals surface area (Å²) in [5.41, 5.74) is 6.74. The Bertz CT molecular complexity index is 1530. The maximum atomic E-state index is 16.4. The fourth-order valence-electron chi connectivity index (χ4n) is 6.17. The Morgan fingerprint density at radius 2 is 1.73 bits per heavy atom. The zero-order valence-corrected chi connectivity index (χ0v) is 20.4. The summed E-state index contributed by atoms with van der Waals surface area (Å²) in [5.74, 6) is 0.776. The van der Waals surface area contributed by atoms with Gasteiger partial charge in [-0.25, -0.2) is 9.37 Å². The van der Waals surface area contributed by atoms with Crippen LogP contribution in [-0.4, -0.2) is 70.6 Å². The van der Waals surface area contributed by atoms with Crippen LogP contribution in [-0.2, 0) is 0 Å². The minimum Gasteiger partial charge on any atom is -0.508 e. The summed E-state index contributed by atoms with van der Waals surface area (Å²) in [5, 5.41) is 26.0. The number of rotatable bonds is 4. The molecular weight excluding hydrogens is 471 g/mol. The molecule has 37 heavy (non-hydrogen) atoms. The van der Waals surface area contributed by atoms with Crippen LogP contribution in [0, 0.1) is 5.82 Å². The van der Waals surface area contributed by atoms with Crippen LogP contribution < -0.4 is 20.9 Å². The number of benzene rings is 3. The number of anilines is 2. The number of aliphatic hydroxyl groups excluding tert-OH is 1. The van der Waals surface area contributed by atoms with Crippen LogP contribution >= 0.6 is 0 Å². The van der Waals surface area contributed by atoms with Crippen molar-refractivity contribution in [3.05, 3.63) is 54.3 Å². The van der Waals surface area contributed by atoms with Gasteiger partial charge in [0.1, 0.15) is 17.1 Å². The van der Waals surface area contributed by atoms with Gasteiger partial charge in [0.2, 0.25) is 5.95 Å². The van der Waals surface area contributed by atoms with Gasteiger partial charge in [0, 0.05) is 49.2 Å². The lowest BCUT2D eigenvalue weighted by atomic mass is 9.92. The summed E-state index contributed by atoms with van der Waals surface area (Å²) in [6, 6.07) is 15.4. The maximum Gasteiger partial charge on any atom is 0.228 e. The highest BCUT2D eigenvalue weighted by molar-refractivity contribution is 6.01. The number of phenols is 1. The van der Waals surface area contributed by atoms with E-state index in [9.17, 15) is 10.2 Å². The Morgan fingerprint density at radius 1 is 0.973 bits per heavy atom. The number of halogens is 1. The highest BCUT2D eigenvalue weighted by Gasteiger charge is 2.41. The predicted molar refractivity (Wildman–Crippen MR) is 142 cm³/mol. The van der Waals surface area contributed by atoms with Crippen LogP contribution in [0.3, 0.4) is 0 Å². The van der Waals surface area contributed by atoms with Gasteiger partial charge in [0.25, 0.3) is 0 Å². The van der Waals surface area contributed by atoms with Gasteiger partial charge >= 0.3 is 0 Å². The topological polar surface area (TPSA) is 111 Å². The average Bonchev–Trinajstić information content (AvgIpc) is 3.23. The van der Waals surface area contributed by atoms with Gasteiger partial charge < -0.3 is 31.1 Å². The Balaban J connectivity index is 1.41. The monoisotopic (exact) mass is 500 g/mol. The van der Waals surface area contributed by atoms with Gasteiger partial charge in [-0.05, 0) is 47.4 Å². The number of piperazine rings is 1. The normalized spacial score (nSPS) is 22.6. The molecule has 3 aromatic carbocycles. The van der Waals surface area contributed by atoms with Gasteiger partial charge in [-0.15, -0.1) is 0 Å². The fraction of sp³-hybridized carbons (Fsp3) is 0.357. The summed E-state index contributed by atoms with van der Waals surface area (Å²) < 4.78 is 16.4. The fourth-order valence-corrected chi connectivity index (χ4v) is 6.17. The number of hydrogen-bond donors (Lipinski definition) is 4. The standard InChI is InChI=1S/C28H29FN6O2/c29-24-21(23-10-19(37)9-16-3-1-2-4-20(16)23)7-8-22-25(24)32-27(35-13-28(30,14-35)15-36)33-26(22)34-11-17-5-6-18(12-34)31-17/h1-4,7-10,17-18,31,36-37H,5-6,11-15,30H2/t17-,18+. The second-order valence-electron chi connectivity index (χ2n) is 10.8. The molecule has 2 atom stereocenters. The number of phenolic OH excluding ortho intramolecular Hbond substituents is 1. The molecule has 3 saturated heterocycles. The number of nitrogens with two attached hydrogens (primary N) is 1. The first-order valence-electron chi connectivity index (χ1n) is 12.8. The van der Waals surface area contributed by atoms with E-state index in [1.54, 1.807) is 18.2 Å². The Kier molecular flexibility index (Phi) is 5.04. The molecule has 0 amide bonds. The van der Waals surface area contributed by atoms with E-state index in [-0.39, 0.29) is 17.9 Å². The summed E-state index contributed by atoms with van der Waals surface area (Å²) in [6.45, 7) is 2.29. The predicted octanol–water partition coefficient (Wildman–Crippen LogP) is 2.75. The summed E-state index contributed by atoms with van der Waals surface area (Å²) in [4.78, 5) is 13.8. The van der Waals surface area contributed by atoms with E-state index >= 15 is 4.39 Å². The van der Waals surface area contributed by atoms with Gasteiger partial charge in [0.05, 0.1) is 12.1 Å². The van der Waals surface area contributed by atoms with Crippen molar-refractivity contribution in [2.24, 2.45) is 5.73 Å². The molecule has 4 aromatic rings. The number of aromatic nitrogens is 2. The zero-order valence-electron chi connectivity index (χ0n) is 20.4. The van der Waals surface area contributed by atoms with E-state index in [2.05, 4.69) is 10.2 Å². The number of aromatic hydroxyl groups is 1. The van der Waals surface area contributed by atoms with Gasteiger partial charge in [-0.1, -0.05) is 30.3 Å². The number of fused-ring (bicyclic) bond motifs is 4. The van der Waals surface area contributed by atoms with Crippen molar-refractivity contribution in [1.29, 1.82) is 0 Å². The SMILES string of the molecule is NC1(CO)CN(c2nc(N3C[C@H]4CC[C@@H](C3)N4)c3ccc(-c4cc(O)cc5ccccc45)c(F)c3n2)C1. The molecule has 0 unspecified atom stereocenters. The number of hydrogen-bond acceptors (Lipinski definition) is 8. The van der Waals surface area contributed by atoms with E-state index in [1.165, 1.54) is 0 Å². The molecule has 0 aliphatic carbocycles. The van der Waals surface area contributed by atoms with Crippen molar-refractivity contribution in [2.75, 3.05) is 42.6 Å². The molecule has 3 aliphatic rings. The zero-order chi connectivity index (χ0) is 25.3. The van der Waals surface area contributed by atoms with Crippen molar-refractivity contribution < 1.29 is 14.6 Å². The van der Waals surface area contributed by atoms with Gasteiger partial charge in [-0.3, -0.25) is 0 Å². The van der Waals surface area contributed by atoms with Crippen molar-refractivity contribution in [1.82, 2.24) is 15.3 Å². The molecule has 190 valence electrons. The third kappa shape index (κ3) is 3.68. The number of nitrogens with one attached hydrogen (secondary N) is 1. The molecule has 4 heterocycles. The molecule has 1 aromatic heterocycles. The molecule has 0 radical (unpaired) electrons. The molecular formula is C28H29FN6O2. The molecule has 0 saturated carbocycles. The lowest BCUT2D eigenvalue weighted by Gasteiger charge is -2.46. The molecule has 9 heteroatoms. The second-order valence-corrected chi connectivity index (χ2v) is 10.8.